The topological polar surface area (TPSA) is 0 Å². The number of rotatable bonds is 8. The summed E-state index contributed by atoms with van der Waals surface area (Å²) in [5.74, 6) is 5.26. The van der Waals surface area contributed by atoms with Gasteiger partial charge in [0.2, 0.25) is 0 Å². The molecule has 0 N–H and O–H groups in total. The molecule has 0 spiro atoms. The summed E-state index contributed by atoms with van der Waals surface area (Å²) in [6, 6.07) is 0. The Hall–Kier alpha value is -0.210. The summed E-state index contributed by atoms with van der Waals surface area (Å²) < 4.78 is 79.9. The van der Waals surface area contributed by atoms with Crippen LogP contribution in [0.15, 0.2) is 0 Å². The minimum Gasteiger partial charge on any atom is -0.171 e. The van der Waals surface area contributed by atoms with Crippen LogP contribution >= 0.6 is 0 Å². The average Bonchev–Trinajstić information content (AvgIpc) is 3.77. The lowest BCUT2D eigenvalue weighted by Crippen LogP contribution is -2.35. The molecule has 0 aromatic heterocycles. The summed E-state index contributed by atoms with van der Waals surface area (Å²) in [6.45, 7) is 84.7. The fraction of sp³-hybridized carbons (Fsp3) is 1.00. The molecule has 0 amide bonds. The molecule has 2 aliphatic carbocycles. The van der Waals surface area contributed by atoms with E-state index in [4.69, 9.17) is 8.22 Å². The Morgan fingerprint density at radius 1 is 0.407 bits per heavy atom. The van der Waals surface area contributed by atoms with Gasteiger partial charge < -0.3 is 0 Å². The highest BCUT2D eigenvalue weighted by molar-refractivity contribution is 4.85. The van der Waals surface area contributed by atoms with E-state index in [-0.39, 0.29) is 28.6 Å². The van der Waals surface area contributed by atoms with Crippen molar-refractivity contribution in [2.45, 2.75) is 406 Å². The Kier molecular flexibility index (Phi) is 41.0. The fourth-order valence-corrected chi connectivity index (χ4v) is 11.4. The number of halogens is 3. The van der Waals surface area contributed by atoms with E-state index in [1.165, 1.54) is 110 Å². The van der Waals surface area contributed by atoms with Crippen LogP contribution in [0.3, 0.4) is 0 Å². The first-order valence-electron chi connectivity index (χ1n) is 36.5. The second-order valence-corrected chi connectivity index (χ2v) is 37.7. The van der Waals surface area contributed by atoms with Crippen molar-refractivity contribution in [2.75, 3.05) is 0 Å². The van der Waals surface area contributed by atoms with Crippen molar-refractivity contribution >= 4 is 0 Å². The Bertz CT molecular complexity index is 1500. The van der Waals surface area contributed by atoms with Crippen LogP contribution in [0.4, 0.5) is 13.2 Å². The van der Waals surface area contributed by atoms with E-state index < -0.39 is 30.2 Å². The van der Waals surface area contributed by atoms with Crippen molar-refractivity contribution in [1.29, 1.82) is 0 Å². The lowest BCUT2D eigenvalue weighted by Gasteiger charge is -2.42. The van der Waals surface area contributed by atoms with Gasteiger partial charge in [-0.05, 0) is 140 Å². The van der Waals surface area contributed by atoms with Gasteiger partial charge in [-0.1, -0.05) is 355 Å². The Labute approximate surface area is 526 Å². The van der Waals surface area contributed by atoms with Gasteiger partial charge in [-0.25, -0.2) is 0 Å². The summed E-state index contributed by atoms with van der Waals surface area (Å²) in [5.41, 5.74) is 0.562. The van der Waals surface area contributed by atoms with Gasteiger partial charge in [0.1, 0.15) is 0 Å². The van der Waals surface area contributed by atoms with Gasteiger partial charge in [0.05, 0.1) is 5.41 Å². The van der Waals surface area contributed by atoms with Crippen LogP contribution in [0.25, 0.3) is 0 Å². The summed E-state index contributed by atoms with van der Waals surface area (Å²) >= 11 is 0. The minimum absolute atomic E-state index is 0.104. The summed E-state index contributed by atoms with van der Waals surface area (Å²) in [6.07, 6.45) is 16.3. The van der Waals surface area contributed by atoms with Gasteiger partial charge in [-0.2, -0.15) is 13.2 Å². The van der Waals surface area contributed by atoms with Crippen LogP contribution in [0.1, 0.15) is 408 Å². The van der Waals surface area contributed by atoms with E-state index in [2.05, 4.69) is 187 Å². The predicted molar refractivity (Wildman–Crippen MR) is 374 cm³/mol. The van der Waals surface area contributed by atoms with Crippen LogP contribution in [0.5, 0.6) is 0 Å². The highest BCUT2D eigenvalue weighted by atomic mass is 19.4. The minimum atomic E-state index is -4.10. The van der Waals surface area contributed by atoms with Crippen molar-refractivity contribution in [1.82, 2.24) is 0 Å². The molecule has 0 aliphatic heterocycles. The second-order valence-electron chi connectivity index (χ2n) is 37.7. The molecule has 0 atom stereocenters. The summed E-state index contributed by atoms with van der Waals surface area (Å²) in [7, 11) is 0. The number of hydrogen-bond acceptors (Lipinski definition) is 0. The van der Waals surface area contributed by atoms with Gasteiger partial charge in [-0.3, -0.25) is 0 Å². The van der Waals surface area contributed by atoms with Gasteiger partial charge >= 0.3 is 6.18 Å². The molecule has 2 fully saturated rings. The molecular weight excluding hydrogens is 994 g/mol. The maximum absolute atomic E-state index is 12.4. The lowest BCUT2D eigenvalue weighted by atomic mass is 9.64. The third-order valence-electron chi connectivity index (χ3n) is 15.6. The van der Waals surface area contributed by atoms with Crippen LogP contribution in [0.2, 0.25) is 0 Å². The SMILES string of the molecule is CC(C)(C)C1CCCC1.CC(C)(C)C1CCCCC1.CC(C)(C)CC(C)(C)C.CC(C)(C)CC(C)(C)C(F)(F)F.CC(C)CC(C)(C)C.CCC(CC)C(C(CC)CC)C(C)(C)C.[2H]C(C)(C)C(C)(C)C.[2H]C([2H])(C)C(C)(C)C.[2H]C([2H])([2H])C(C)(C)C. The standard InChI is InChI=1S/C15H32.C10H20.C9H17F3.C9H18.C9H20.C8H18.C7H16.C6H14.C5H12/c1-8-12(9-2)14(15(5,6)7)13(10-3)11-4;1-10(2,3)9-7-5-4-6-8-9;1-7(2,3)6-8(4,5)9(10,11)12;1-9(2,3)8-6-4-5-7-8;1-8(2,3)7-9(4,5)6;1-7(2)6-8(3,4)5;1-6(2)7(3,4)5;1-5-6(2,3)4;1-5(2,3)4/h12-14H,8-11H2,1-7H3;9H,4-8H2,1-3H3;6H2,1-5H3;8H,4-7H2,1-3H3;7H2,1-6H3;7H,6H2,1-5H3;6H,1-5H3;5H2,1-4H3;1-4H3/i;;;;;;6D;5D2;1D3. The average molecular weight is 1170 g/mol. The molecule has 0 aromatic carbocycles. The van der Waals surface area contributed by atoms with Crippen molar-refractivity contribution in [3.05, 3.63) is 0 Å². The first-order valence-corrected chi connectivity index (χ1v) is 33.5. The molecule has 0 bridgehead atoms. The molecule has 0 nitrogen and oxygen atoms in total. The normalized spacial score (nSPS) is 17.2. The zero-order valence-corrected chi connectivity index (χ0v) is 64.4. The molecule has 0 saturated heterocycles. The van der Waals surface area contributed by atoms with E-state index >= 15 is 0 Å². The van der Waals surface area contributed by atoms with Crippen molar-refractivity contribution in [2.24, 2.45) is 101 Å². The maximum Gasteiger partial charge on any atom is 0.393 e. The first-order chi connectivity index (χ1) is 37.5. The molecule has 0 radical (unpaired) electrons. The van der Waals surface area contributed by atoms with E-state index in [1.807, 2.05) is 55.4 Å². The van der Waals surface area contributed by atoms with Gasteiger partial charge in [-0.15, -0.1) is 0 Å². The molecule has 0 unspecified atom stereocenters. The van der Waals surface area contributed by atoms with Crippen LogP contribution in [-0.2, 0) is 0 Å². The van der Waals surface area contributed by atoms with Gasteiger partial charge in [0, 0.05) is 8.22 Å². The molecule has 0 heterocycles. The number of alkyl halides is 3. The Balaban J connectivity index is -0.000000167. The molecule has 2 rings (SSSR count). The summed E-state index contributed by atoms with van der Waals surface area (Å²) in [4.78, 5) is 0. The zero-order chi connectivity index (χ0) is 72.3. The van der Waals surface area contributed by atoms with E-state index in [0.29, 0.717) is 32.5 Å². The van der Waals surface area contributed by atoms with E-state index in [9.17, 15) is 13.2 Å². The van der Waals surface area contributed by atoms with Crippen LogP contribution in [0, 0.1) is 101 Å². The molecule has 2 aliphatic rings. The molecule has 0 aromatic rings. The third kappa shape index (κ3) is 68.8. The number of hydrogen-bond donors (Lipinski definition) is 0. The second kappa shape index (κ2) is 41.1. The summed E-state index contributed by atoms with van der Waals surface area (Å²) in [5, 5.41) is 0. The quantitative estimate of drug-likeness (QED) is 0.227. The molecule has 500 valence electrons. The molecule has 81 heavy (non-hydrogen) atoms. The van der Waals surface area contributed by atoms with Crippen LogP contribution < -0.4 is 0 Å². The van der Waals surface area contributed by atoms with Crippen molar-refractivity contribution in [3.63, 3.8) is 0 Å². The lowest BCUT2D eigenvalue weighted by molar-refractivity contribution is -0.220. The Morgan fingerprint density at radius 3 is 0.741 bits per heavy atom. The molecular formula is C78H167F3. The Morgan fingerprint density at radius 2 is 0.654 bits per heavy atom. The van der Waals surface area contributed by atoms with Gasteiger partial charge in [0.15, 0.2) is 0 Å². The van der Waals surface area contributed by atoms with E-state index in [1.54, 1.807) is 27.7 Å². The third-order valence-corrected chi connectivity index (χ3v) is 15.6. The highest BCUT2D eigenvalue weighted by Gasteiger charge is 2.48. The monoisotopic (exact) mass is 1170 g/mol. The van der Waals surface area contributed by atoms with Crippen LogP contribution in [-0.4, -0.2) is 6.18 Å². The van der Waals surface area contributed by atoms with Crippen molar-refractivity contribution < 1.29 is 21.4 Å². The fourth-order valence-electron chi connectivity index (χ4n) is 11.4. The first kappa shape index (κ1) is 80.8. The van der Waals surface area contributed by atoms with Gasteiger partial charge in [0.25, 0.3) is 0 Å². The van der Waals surface area contributed by atoms with Crippen molar-refractivity contribution in [3.8, 4) is 0 Å². The molecule has 2 saturated carbocycles. The maximum atomic E-state index is 12.4. The largest absolute Gasteiger partial charge is 0.393 e. The smallest absolute Gasteiger partial charge is 0.171 e. The predicted octanol–water partition coefficient (Wildman–Crippen LogP) is 30.1. The zero-order valence-electron chi connectivity index (χ0n) is 70.4. The highest BCUT2D eigenvalue weighted by Crippen LogP contribution is 2.46. The van der Waals surface area contributed by atoms with E-state index in [0.717, 1.165) is 35.5 Å². The molecule has 3 heteroatoms.